The Bertz CT molecular complexity index is 656. The maximum absolute atomic E-state index is 12.8. The molecule has 0 fully saturated rings. The van der Waals surface area contributed by atoms with Crippen molar-refractivity contribution >= 4 is 5.91 Å². The average molecular weight is 302 g/mol. The SMILES string of the molecule is Cc1cc(C(=O)NCCc2ccc(F)cc2)c(C)n1C(C)C. The van der Waals surface area contributed by atoms with Gasteiger partial charge in [0.2, 0.25) is 0 Å². The molecule has 0 spiro atoms. The van der Waals surface area contributed by atoms with E-state index in [-0.39, 0.29) is 11.7 Å². The summed E-state index contributed by atoms with van der Waals surface area (Å²) in [5.74, 6) is -0.295. The van der Waals surface area contributed by atoms with Gasteiger partial charge in [-0.25, -0.2) is 4.39 Å². The second-order valence-corrected chi connectivity index (χ2v) is 5.88. The molecule has 0 saturated carbocycles. The molecule has 0 saturated heterocycles. The van der Waals surface area contributed by atoms with Gasteiger partial charge < -0.3 is 9.88 Å². The molecule has 1 aromatic heterocycles. The van der Waals surface area contributed by atoms with Crippen LogP contribution in [-0.2, 0) is 6.42 Å². The van der Waals surface area contributed by atoms with Crippen LogP contribution < -0.4 is 5.32 Å². The molecular weight excluding hydrogens is 279 g/mol. The van der Waals surface area contributed by atoms with Crippen LogP contribution in [0.15, 0.2) is 30.3 Å². The molecule has 0 aliphatic rings. The van der Waals surface area contributed by atoms with Gasteiger partial charge in [0, 0.05) is 24.0 Å². The van der Waals surface area contributed by atoms with Crippen molar-refractivity contribution in [1.29, 1.82) is 0 Å². The van der Waals surface area contributed by atoms with Crippen molar-refractivity contribution in [3.05, 3.63) is 58.7 Å². The van der Waals surface area contributed by atoms with Crippen molar-refractivity contribution in [2.24, 2.45) is 0 Å². The van der Waals surface area contributed by atoms with E-state index < -0.39 is 0 Å². The lowest BCUT2D eigenvalue weighted by Crippen LogP contribution is -2.26. The molecule has 0 radical (unpaired) electrons. The summed E-state index contributed by atoms with van der Waals surface area (Å²) < 4.78 is 15.0. The number of halogens is 1. The van der Waals surface area contributed by atoms with Crippen molar-refractivity contribution in [1.82, 2.24) is 9.88 Å². The average Bonchev–Trinajstić information content (AvgIpc) is 2.76. The number of amides is 1. The van der Waals surface area contributed by atoms with Crippen LogP contribution >= 0.6 is 0 Å². The quantitative estimate of drug-likeness (QED) is 0.895. The number of nitrogens with zero attached hydrogens (tertiary/aromatic N) is 1. The van der Waals surface area contributed by atoms with E-state index in [9.17, 15) is 9.18 Å². The Morgan fingerprint density at radius 1 is 1.23 bits per heavy atom. The van der Waals surface area contributed by atoms with E-state index in [2.05, 4.69) is 23.7 Å². The highest BCUT2D eigenvalue weighted by Crippen LogP contribution is 2.19. The normalized spacial score (nSPS) is 11.0. The van der Waals surface area contributed by atoms with Crippen molar-refractivity contribution in [3.63, 3.8) is 0 Å². The number of rotatable bonds is 5. The Kier molecular flexibility index (Phi) is 5.01. The van der Waals surface area contributed by atoms with Crippen LogP contribution in [0.25, 0.3) is 0 Å². The summed E-state index contributed by atoms with van der Waals surface area (Å²) in [5, 5.41) is 2.94. The highest BCUT2D eigenvalue weighted by atomic mass is 19.1. The molecule has 2 aromatic rings. The summed E-state index contributed by atoms with van der Waals surface area (Å²) in [6, 6.07) is 8.63. The lowest BCUT2D eigenvalue weighted by atomic mass is 10.1. The van der Waals surface area contributed by atoms with E-state index in [0.29, 0.717) is 19.0 Å². The van der Waals surface area contributed by atoms with E-state index in [1.807, 2.05) is 19.9 Å². The topological polar surface area (TPSA) is 34.0 Å². The first-order chi connectivity index (χ1) is 10.4. The van der Waals surface area contributed by atoms with Crippen LogP contribution in [0, 0.1) is 19.7 Å². The number of hydrogen-bond acceptors (Lipinski definition) is 1. The molecule has 1 aromatic carbocycles. The summed E-state index contributed by atoms with van der Waals surface area (Å²) in [6.45, 7) is 8.74. The molecule has 1 N–H and O–H groups in total. The van der Waals surface area contributed by atoms with Gasteiger partial charge in [-0.3, -0.25) is 4.79 Å². The molecule has 4 heteroatoms. The van der Waals surface area contributed by atoms with Gasteiger partial charge in [-0.1, -0.05) is 12.1 Å². The van der Waals surface area contributed by atoms with Crippen molar-refractivity contribution < 1.29 is 9.18 Å². The van der Waals surface area contributed by atoms with E-state index in [4.69, 9.17) is 0 Å². The van der Waals surface area contributed by atoms with E-state index >= 15 is 0 Å². The number of carbonyl (C=O) groups excluding carboxylic acids is 1. The molecule has 0 bridgehead atoms. The summed E-state index contributed by atoms with van der Waals surface area (Å²) in [5.41, 5.74) is 3.82. The highest BCUT2D eigenvalue weighted by Gasteiger charge is 2.16. The largest absolute Gasteiger partial charge is 0.352 e. The van der Waals surface area contributed by atoms with E-state index in [1.165, 1.54) is 12.1 Å². The molecule has 0 atom stereocenters. The molecule has 118 valence electrons. The fourth-order valence-corrected chi connectivity index (χ4v) is 2.87. The number of aryl methyl sites for hydroxylation is 1. The van der Waals surface area contributed by atoms with Crippen molar-refractivity contribution in [2.75, 3.05) is 6.54 Å². The summed E-state index contributed by atoms with van der Waals surface area (Å²) in [6.07, 6.45) is 0.689. The van der Waals surface area contributed by atoms with Gasteiger partial charge in [-0.15, -0.1) is 0 Å². The molecule has 2 rings (SSSR count). The minimum Gasteiger partial charge on any atom is -0.352 e. The van der Waals surface area contributed by atoms with Crippen LogP contribution in [-0.4, -0.2) is 17.0 Å². The van der Waals surface area contributed by atoms with Crippen molar-refractivity contribution in [2.45, 2.75) is 40.2 Å². The number of hydrogen-bond donors (Lipinski definition) is 1. The van der Waals surface area contributed by atoms with Crippen LogP contribution in [0.2, 0.25) is 0 Å². The predicted octanol–water partition coefficient (Wildman–Crippen LogP) is 3.80. The predicted molar refractivity (Wildman–Crippen MR) is 86.7 cm³/mol. The van der Waals surface area contributed by atoms with Gasteiger partial charge in [0.1, 0.15) is 5.82 Å². The smallest absolute Gasteiger partial charge is 0.253 e. The maximum atomic E-state index is 12.8. The Morgan fingerprint density at radius 3 is 2.41 bits per heavy atom. The minimum absolute atomic E-state index is 0.0536. The monoisotopic (exact) mass is 302 g/mol. The third kappa shape index (κ3) is 3.56. The van der Waals surface area contributed by atoms with Crippen LogP contribution in [0.3, 0.4) is 0 Å². The Hall–Kier alpha value is -2.10. The second kappa shape index (κ2) is 6.77. The molecule has 22 heavy (non-hydrogen) atoms. The van der Waals surface area contributed by atoms with Crippen molar-refractivity contribution in [3.8, 4) is 0 Å². The van der Waals surface area contributed by atoms with Crippen LogP contribution in [0.1, 0.15) is 47.2 Å². The van der Waals surface area contributed by atoms with E-state index in [0.717, 1.165) is 22.5 Å². The fraction of sp³-hybridized carbons (Fsp3) is 0.389. The van der Waals surface area contributed by atoms with Crippen LogP contribution in [0.4, 0.5) is 4.39 Å². The molecule has 1 amide bonds. The van der Waals surface area contributed by atoms with Gasteiger partial charge in [-0.2, -0.15) is 0 Å². The zero-order valence-corrected chi connectivity index (χ0v) is 13.6. The lowest BCUT2D eigenvalue weighted by molar-refractivity contribution is 0.0953. The minimum atomic E-state index is -0.242. The molecule has 0 aliphatic heterocycles. The number of carbonyl (C=O) groups is 1. The molecule has 1 heterocycles. The molecule has 0 aliphatic carbocycles. The summed E-state index contributed by atoms with van der Waals surface area (Å²) >= 11 is 0. The first-order valence-electron chi connectivity index (χ1n) is 7.61. The van der Waals surface area contributed by atoms with Gasteiger partial charge in [0.15, 0.2) is 0 Å². The van der Waals surface area contributed by atoms with Gasteiger partial charge in [0.25, 0.3) is 5.91 Å². The zero-order valence-electron chi connectivity index (χ0n) is 13.6. The summed E-state index contributed by atoms with van der Waals surface area (Å²) in [7, 11) is 0. The standard InChI is InChI=1S/C18H23FN2O/c1-12(2)21-13(3)11-17(14(21)4)18(22)20-10-9-15-5-7-16(19)8-6-15/h5-8,11-12H,9-10H2,1-4H3,(H,20,22). The third-order valence-electron chi connectivity index (χ3n) is 3.86. The first kappa shape index (κ1) is 16.3. The van der Waals surface area contributed by atoms with Gasteiger partial charge >= 0.3 is 0 Å². The number of nitrogens with one attached hydrogen (secondary N) is 1. The fourth-order valence-electron chi connectivity index (χ4n) is 2.87. The molecule has 0 unspecified atom stereocenters. The van der Waals surface area contributed by atoms with E-state index in [1.54, 1.807) is 12.1 Å². The van der Waals surface area contributed by atoms with Crippen LogP contribution in [0.5, 0.6) is 0 Å². The molecular formula is C18H23FN2O. The van der Waals surface area contributed by atoms with Gasteiger partial charge in [-0.05, 0) is 57.9 Å². The lowest BCUT2D eigenvalue weighted by Gasteiger charge is -2.13. The second-order valence-electron chi connectivity index (χ2n) is 5.88. The maximum Gasteiger partial charge on any atom is 0.253 e. The zero-order chi connectivity index (χ0) is 16.3. The summed E-state index contributed by atoms with van der Waals surface area (Å²) in [4.78, 5) is 12.3. The Morgan fingerprint density at radius 2 is 1.86 bits per heavy atom. The molecule has 3 nitrogen and oxygen atoms in total. The Labute approximate surface area is 131 Å². The third-order valence-corrected chi connectivity index (χ3v) is 3.86. The first-order valence-corrected chi connectivity index (χ1v) is 7.61. The number of aromatic nitrogens is 1. The Balaban J connectivity index is 1.98. The highest BCUT2D eigenvalue weighted by molar-refractivity contribution is 5.95. The van der Waals surface area contributed by atoms with Gasteiger partial charge in [0.05, 0.1) is 5.56 Å². The number of benzene rings is 1.